The summed E-state index contributed by atoms with van der Waals surface area (Å²) < 4.78 is 29.1. The number of rotatable bonds is 8. The highest BCUT2D eigenvalue weighted by Gasteiger charge is 2.30. The summed E-state index contributed by atoms with van der Waals surface area (Å²) in [7, 11) is 0. The molecule has 328 valence electrons. The van der Waals surface area contributed by atoms with Crippen LogP contribution in [0.4, 0.5) is 8.78 Å². The van der Waals surface area contributed by atoms with Gasteiger partial charge in [-0.2, -0.15) is 10.2 Å². The van der Waals surface area contributed by atoms with Crippen molar-refractivity contribution in [3.8, 4) is 45.0 Å². The first-order valence-electron chi connectivity index (χ1n) is 19.1. The molecule has 0 unspecified atom stereocenters. The molecule has 6 N–H and O–H groups in total. The molecular formula is C41H42Cl4F2N10O5. The van der Waals surface area contributed by atoms with E-state index in [0.29, 0.717) is 70.1 Å². The van der Waals surface area contributed by atoms with Crippen LogP contribution in [0.2, 0.25) is 10.0 Å². The van der Waals surface area contributed by atoms with Crippen molar-refractivity contribution in [3.05, 3.63) is 107 Å². The Bertz CT molecular complexity index is 2370. The lowest BCUT2D eigenvalue weighted by atomic mass is 9.88. The van der Waals surface area contributed by atoms with Gasteiger partial charge in [0.05, 0.1) is 16.7 Å². The predicted molar refractivity (Wildman–Crippen MR) is 232 cm³/mol. The maximum absolute atomic E-state index is 14.6. The van der Waals surface area contributed by atoms with Crippen molar-refractivity contribution in [3.63, 3.8) is 0 Å². The topological polar surface area (TPSA) is 219 Å². The van der Waals surface area contributed by atoms with Crippen LogP contribution in [0.15, 0.2) is 73.6 Å². The van der Waals surface area contributed by atoms with E-state index in [-0.39, 0.29) is 17.2 Å². The number of aromatic amines is 2. The van der Waals surface area contributed by atoms with Gasteiger partial charge in [-0.05, 0) is 87.3 Å². The summed E-state index contributed by atoms with van der Waals surface area (Å²) in [5.74, 6) is -1.89. The van der Waals surface area contributed by atoms with Crippen molar-refractivity contribution in [1.82, 2.24) is 50.5 Å². The van der Waals surface area contributed by atoms with Gasteiger partial charge >= 0.3 is 5.97 Å². The van der Waals surface area contributed by atoms with Gasteiger partial charge < -0.3 is 25.5 Å². The molecule has 2 fully saturated rings. The zero-order valence-electron chi connectivity index (χ0n) is 32.9. The summed E-state index contributed by atoms with van der Waals surface area (Å²) in [6, 6.07) is 12.7. The second-order valence-corrected chi connectivity index (χ2v) is 15.3. The number of amides is 1. The molecule has 2 aliphatic rings. The van der Waals surface area contributed by atoms with E-state index in [1.54, 1.807) is 47.6 Å². The molecule has 15 nitrogen and oxygen atoms in total. The molecule has 6 aromatic rings. The molecule has 0 aliphatic carbocycles. The van der Waals surface area contributed by atoms with E-state index in [9.17, 15) is 13.6 Å². The minimum Gasteiger partial charge on any atom is -0.480 e. The first-order valence-corrected chi connectivity index (χ1v) is 21.0. The van der Waals surface area contributed by atoms with Crippen molar-refractivity contribution in [1.29, 1.82) is 0 Å². The molecule has 0 atom stereocenters. The van der Waals surface area contributed by atoms with Crippen LogP contribution in [0.5, 0.6) is 0 Å². The van der Waals surface area contributed by atoms with Gasteiger partial charge in [0.2, 0.25) is 5.91 Å². The second-order valence-electron chi connectivity index (χ2n) is 13.6. The predicted octanol–water partition coefficient (Wildman–Crippen LogP) is 7.30. The van der Waals surface area contributed by atoms with E-state index < -0.39 is 30.8 Å². The van der Waals surface area contributed by atoms with Gasteiger partial charge in [-0.3, -0.25) is 15.0 Å². The second kappa shape index (κ2) is 23.9. The van der Waals surface area contributed by atoms with Crippen molar-refractivity contribution in [2.75, 3.05) is 44.7 Å². The normalized spacial score (nSPS) is 14.1. The number of piperidine rings is 2. The van der Waals surface area contributed by atoms with E-state index in [0.717, 1.165) is 54.1 Å². The van der Waals surface area contributed by atoms with Gasteiger partial charge in [-0.1, -0.05) is 23.2 Å². The Morgan fingerprint density at radius 3 is 1.52 bits per heavy atom. The number of carbonyl (C=O) groups excluding carboxylic acids is 1. The minimum atomic E-state index is -1.19. The SMILES string of the molecule is ClCCl.Fc1cc(Cl)ccc1-c1n[nH]c(C2CCNCC2)c1-c1ccncn1.O=C(CO)N1CCC(c2[nH]nc(-c3ccc(Cl)cc3F)c2-c2ccncn2)CC1.O=C(O)CO. The smallest absolute Gasteiger partial charge is 0.329 e. The molecule has 0 bridgehead atoms. The summed E-state index contributed by atoms with van der Waals surface area (Å²) in [4.78, 5) is 39.2. The van der Waals surface area contributed by atoms with E-state index in [4.69, 9.17) is 66.5 Å². The molecule has 2 aliphatic heterocycles. The Hall–Kier alpha value is -5.14. The highest BCUT2D eigenvalue weighted by molar-refractivity contribution is 6.40. The molecule has 1 amide bonds. The van der Waals surface area contributed by atoms with Crippen LogP contribution in [0, 0.1) is 11.6 Å². The number of likely N-dealkylation sites (tertiary alicyclic amines) is 1. The number of halogens is 6. The Balaban J connectivity index is 0.000000201. The highest BCUT2D eigenvalue weighted by atomic mass is 35.5. The van der Waals surface area contributed by atoms with Gasteiger partial charge in [0.15, 0.2) is 0 Å². The molecule has 6 heterocycles. The number of nitrogens with one attached hydrogen (secondary N) is 3. The van der Waals surface area contributed by atoms with Crippen molar-refractivity contribution in [2.45, 2.75) is 37.5 Å². The Kier molecular flexibility index (Phi) is 18.5. The largest absolute Gasteiger partial charge is 0.480 e. The van der Waals surface area contributed by atoms with Crippen LogP contribution >= 0.6 is 46.4 Å². The fraction of sp³-hybridized carbons (Fsp3) is 0.317. The molecule has 0 spiro atoms. The number of aliphatic carboxylic acids is 1. The third kappa shape index (κ3) is 12.5. The third-order valence-corrected chi connectivity index (χ3v) is 10.4. The van der Waals surface area contributed by atoms with Gasteiger partial charge in [-0.25, -0.2) is 33.5 Å². The molecule has 2 saturated heterocycles. The number of hydrogen-bond donors (Lipinski definition) is 6. The summed E-state index contributed by atoms with van der Waals surface area (Å²) in [5.41, 5.74) is 6.56. The number of aliphatic hydroxyl groups is 2. The number of carboxylic acids is 1. The number of hydrogen-bond acceptors (Lipinski definition) is 11. The summed E-state index contributed by atoms with van der Waals surface area (Å²) in [5, 5.41) is 43.4. The van der Waals surface area contributed by atoms with E-state index in [2.05, 4.69) is 45.6 Å². The Morgan fingerprint density at radius 2 is 1.15 bits per heavy atom. The molecule has 21 heteroatoms. The van der Waals surface area contributed by atoms with Gasteiger partial charge in [0, 0.05) is 81.0 Å². The molecule has 4 aromatic heterocycles. The molecule has 0 radical (unpaired) electrons. The zero-order valence-corrected chi connectivity index (χ0v) is 35.9. The molecule has 62 heavy (non-hydrogen) atoms. The lowest BCUT2D eigenvalue weighted by Gasteiger charge is -2.31. The monoisotopic (exact) mass is 932 g/mol. The van der Waals surface area contributed by atoms with Gasteiger partial charge in [0.1, 0.15) is 48.9 Å². The standard InChI is InChI=1S/C20H19ClFN5O2.C18H17ClFN5.C2H4O3.CH2Cl2/c21-13-1-2-14(15(22)9-13)20-18(16-3-6-23-11-24-16)19(25-26-20)12-4-7-27(8-5-12)17(29)10-28;19-12-1-2-13(14(20)9-12)18-16(15-5-8-22-10-23-15)17(24-25-18)11-3-6-21-7-4-11;3-1-2(4)5;2-1-3/h1-3,6,9,11-12,28H,4-5,7-8,10H2,(H,25,26);1-2,5,8-11,21H,3-4,6-7H2,(H,24,25);3H,1H2,(H,4,5);1H2. The number of H-pyrrole nitrogens is 2. The summed E-state index contributed by atoms with van der Waals surface area (Å²) in [6.07, 6.45) is 9.66. The van der Waals surface area contributed by atoms with Crippen LogP contribution < -0.4 is 5.32 Å². The molecule has 0 saturated carbocycles. The van der Waals surface area contributed by atoms with Crippen LogP contribution in [0.25, 0.3) is 45.0 Å². The number of aliphatic hydroxyl groups excluding tert-OH is 2. The maximum atomic E-state index is 14.6. The molecule has 2 aromatic carbocycles. The quantitative estimate of drug-likeness (QED) is 0.0829. The first-order chi connectivity index (χ1) is 30.0. The van der Waals surface area contributed by atoms with Gasteiger partial charge in [-0.15, -0.1) is 23.2 Å². The van der Waals surface area contributed by atoms with Gasteiger partial charge in [0.25, 0.3) is 0 Å². The third-order valence-electron chi connectivity index (χ3n) is 9.91. The molecule has 8 rings (SSSR count). The average Bonchev–Trinajstić information content (AvgIpc) is 3.94. The number of aromatic nitrogens is 8. The van der Waals surface area contributed by atoms with Crippen LogP contribution in [-0.2, 0) is 9.59 Å². The van der Waals surface area contributed by atoms with E-state index in [1.165, 1.54) is 24.8 Å². The lowest BCUT2D eigenvalue weighted by Crippen LogP contribution is -2.39. The Labute approximate surface area is 374 Å². The lowest BCUT2D eigenvalue weighted by molar-refractivity contribution is -0.140. The fourth-order valence-electron chi connectivity index (χ4n) is 7.08. The first kappa shape index (κ1) is 47.9. The highest BCUT2D eigenvalue weighted by Crippen LogP contribution is 2.41. The van der Waals surface area contributed by atoms with Crippen LogP contribution in [0.3, 0.4) is 0 Å². The number of alkyl halides is 2. The van der Waals surface area contributed by atoms with Crippen molar-refractivity contribution in [2.24, 2.45) is 0 Å². The Morgan fingerprint density at radius 1 is 0.710 bits per heavy atom. The average molecular weight is 935 g/mol. The van der Waals surface area contributed by atoms with Crippen LogP contribution in [-0.4, -0.2) is 117 Å². The minimum absolute atomic E-state index is 0.0966. The van der Waals surface area contributed by atoms with E-state index >= 15 is 0 Å². The number of carbonyl (C=O) groups is 2. The van der Waals surface area contributed by atoms with Crippen molar-refractivity contribution < 1.29 is 33.7 Å². The zero-order chi connectivity index (χ0) is 44.6. The number of benzene rings is 2. The number of nitrogens with zero attached hydrogens (tertiary/aromatic N) is 7. The van der Waals surface area contributed by atoms with Crippen molar-refractivity contribution >= 4 is 58.3 Å². The van der Waals surface area contributed by atoms with Crippen LogP contribution in [0.1, 0.15) is 48.9 Å². The molecular weight excluding hydrogens is 892 g/mol. The number of carboxylic acid groups (broad SMARTS) is 1. The van der Waals surface area contributed by atoms with E-state index in [1.807, 2.05) is 6.07 Å². The summed E-state index contributed by atoms with van der Waals surface area (Å²) >= 11 is 21.3. The summed E-state index contributed by atoms with van der Waals surface area (Å²) in [6.45, 7) is 1.73. The maximum Gasteiger partial charge on any atom is 0.329 e. The fourth-order valence-corrected chi connectivity index (χ4v) is 7.40.